The second-order valence-corrected chi connectivity index (χ2v) is 5.40. The molecule has 1 saturated carbocycles. The van der Waals surface area contributed by atoms with E-state index in [-0.39, 0.29) is 11.8 Å². The van der Waals surface area contributed by atoms with Crippen LogP contribution >= 0.6 is 0 Å². The number of hydrogen-bond acceptors (Lipinski definition) is 2. The van der Waals surface area contributed by atoms with Crippen LogP contribution in [0.4, 0.5) is 5.69 Å². The lowest BCUT2D eigenvalue weighted by molar-refractivity contribution is -0.151. The minimum atomic E-state index is -0.873. The molecular weight excluding hydrogens is 242 g/mol. The smallest absolute Gasteiger partial charge is 0.307 e. The molecule has 0 spiro atoms. The molecule has 1 aromatic rings. The van der Waals surface area contributed by atoms with Gasteiger partial charge in [-0.1, -0.05) is 26.0 Å². The minimum Gasteiger partial charge on any atom is -0.481 e. The van der Waals surface area contributed by atoms with Crippen molar-refractivity contribution in [3.8, 4) is 0 Å². The van der Waals surface area contributed by atoms with Gasteiger partial charge in [0.25, 0.3) is 0 Å². The van der Waals surface area contributed by atoms with E-state index in [2.05, 4.69) is 19.2 Å². The molecule has 1 amide bonds. The Balaban J connectivity index is 2.03. The molecule has 1 aliphatic rings. The summed E-state index contributed by atoms with van der Waals surface area (Å²) >= 11 is 0. The Bertz CT molecular complexity index is 496. The molecule has 2 rings (SSSR count). The van der Waals surface area contributed by atoms with Crippen molar-refractivity contribution in [2.75, 3.05) is 5.32 Å². The van der Waals surface area contributed by atoms with E-state index in [9.17, 15) is 9.59 Å². The fourth-order valence-corrected chi connectivity index (χ4v) is 2.32. The number of nitrogens with one attached hydrogen (secondary N) is 1. The Labute approximate surface area is 112 Å². The van der Waals surface area contributed by atoms with Gasteiger partial charge in [-0.25, -0.2) is 0 Å². The van der Waals surface area contributed by atoms with Crippen LogP contribution in [0.1, 0.15) is 38.2 Å². The van der Waals surface area contributed by atoms with Crippen LogP contribution in [0.15, 0.2) is 24.3 Å². The molecule has 2 unspecified atom stereocenters. The zero-order chi connectivity index (χ0) is 14.0. The number of carboxylic acids is 1. The molecule has 102 valence electrons. The van der Waals surface area contributed by atoms with Gasteiger partial charge in [0.1, 0.15) is 0 Å². The number of carbonyl (C=O) groups excluding carboxylic acids is 1. The predicted molar refractivity (Wildman–Crippen MR) is 73.0 cm³/mol. The fourth-order valence-electron chi connectivity index (χ4n) is 2.32. The van der Waals surface area contributed by atoms with E-state index in [0.717, 1.165) is 11.3 Å². The summed E-state index contributed by atoms with van der Waals surface area (Å²) in [6, 6.07) is 7.69. The van der Waals surface area contributed by atoms with Crippen LogP contribution in [0.5, 0.6) is 0 Å². The van der Waals surface area contributed by atoms with Crippen LogP contribution in [0.25, 0.3) is 0 Å². The van der Waals surface area contributed by atoms with E-state index in [1.165, 1.54) is 0 Å². The van der Waals surface area contributed by atoms with Crippen LogP contribution in [-0.4, -0.2) is 17.0 Å². The van der Waals surface area contributed by atoms with Crippen LogP contribution < -0.4 is 5.32 Å². The molecule has 2 N–H and O–H groups in total. The summed E-state index contributed by atoms with van der Waals surface area (Å²) in [6.07, 6.45) is 1.26. The van der Waals surface area contributed by atoms with E-state index in [1.54, 1.807) is 0 Å². The lowest BCUT2D eigenvalue weighted by atomic mass is 9.73. The lowest BCUT2D eigenvalue weighted by Gasteiger charge is -2.31. The molecule has 1 aliphatic carbocycles. The van der Waals surface area contributed by atoms with Crippen molar-refractivity contribution < 1.29 is 14.7 Å². The van der Waals surface area contributed by atoms with E-state index in [0.29, 0.717) is 18.8 Å². The van der Waals surface area contributed by atoms with Crippen molar-refractivity contribution in [1.29, 1.82) is 0 Å². The van der Waals surface area contributed by atoms with Gasteiger partial charge >= 0.3 is 5.97 Å². The van der Waals surface area contributed by atoms with Gasteiger partial charge in [-0.05, 0) is 36.5 Å². The minimum absolute atomic E-state index is 0.181. The Morgan fingerprint density at radius 3 is 2.47 bits per heavy atom. The summed E-state index contributed by atoms with van der Waals surface area (Å²) in [5, 5.41) is 11.8. The molecule has 1 aromatic carbocycles. The number of amides is 1. The summed E-state index contributed by atoms with van der Waals surface area (Å²) in [5.41, 5.74) is 1.90. The summed E-state index contributed by atoms with van der Waals surface area (Å²) < 4.78 is 0. The van der Waals surface area contributed by atoms with E-state index in [1.807, 2.05) is 24.3 Å². The Morgan fingerprint density at radius 1 is 1.26 bits per heavy atom. The molecule has 4 heteroatoms. The molecule has 19 heavy (non-hydrogen) atoms. The zero-order valence-corrected chi connectivity index (χ0v) is 11.2. The van der Waals surface area contributed by atoms with Gasteiger partial charge < -0.3 is 10.4 Å². The molecule has 0 radical (unpaired) electrons. The van der Waals surface area contributed by atoms with Crippen molar-refractivity contribution in [2.24, 2.45) is 11.8 Å². The van der Waals surface area contributed by atoms with E-state index >= 15 is 0 Å². The van der Waals surface area contributed by atoms with Gasteiger partial charge in [0.05, 0.1) is 11.8 Å². The Hall–Kier alpha value is -1.84. The van der Waals surface area contributed by atoms with Crippen LogP contribution in [0, 0.1) is 11.8 Å². The summed E-state index contributed by atoms with van der Waals surface area (Å²) in [5.74, 6) is -1.57. The molecule has 0 aromatic heterocycles. The number of carbonyl (C=O) groups is 2. The quantitative estimate of drug-likeness (QED) is 0.875. The molecule has 1 fully saturated rings. The van der Waals surface area contributed by atoms with Gasteiger partial charge in [-0.2, -0.15) is 0 Å². The molecule has 0 saturated heterocycles. The third-order valence-electron chi connectivity index (χ3n) is 3.75. The Morgan fingerprint density at radius 2 is 1.95 bits per heavy atom. The number of rotatable bonds is 4. The van der Waals surface area contributed by atoms with Crippen molar-refractivity contribution in [3.05, 3.63) is 29.8 Å². The second-order valence-electron chi connectivity index (χ2n) is 5.40. The van der Waals surface area contributed by atoms with E-state index < -0.39 is 11.9 Å². The summed E-state index contributed by atoms with van der Waals surface area (Å²) in [6.45, 7) is 4.18. The van der Waals surface area contributed by atoms with Crippen LogP contribution in [0.2, 0.25) is 0 Å². The number of hydrogen-bond donors (Lipinski definition) is 2. The average Bonchev–Trinajstić information content (AvgIpc) is 2.26. The number of carboxylic acid groups (broad SMARTS) is 1. The largest absolute Gasteiger partial charge is 0.481 e. The highest BCUT2D eigenvalue weighted by Gasteiger charge is 2.41. The van der Waals surface area contributed by atoms with Gasteiger partial charge in [-0.3, -0.25) is 9.59 Å². The third-order valence-corrected chi connectivity index (χ3v) is 3.75. The summed E-state index contributed by atoms with van der Waals surface area (Å²) in [4.78, 5) is 22.9. The topological polar surface area (TPSA) is 66.4 Å². The van der Waals surface area contributed by atoms with Crippen LogP contribution in [0.3, 0.4) is 0 Å². The number of benzene rings is 1. The van der Waals surface area contributed by atoms with Gasteiger partial charge in [0.15, 0.2) is 0 Å². The highest BCUT2D eigenvalue weighted by atomic mass is 16.4. The maximum atomic E-state index is 12.0. The standard InChI is InChI=1S/C15H19NO3/c1-9(2)10-4-3-5-11(8-10)16-14(17)12-6-7-13(12)15(18)19/h3-5,8-9,12-13H,6-7H2,1-2H3,(H,16,17)(H,18,19). The maximum absolute atomic E-state index is 12.0. The number of aliphatic carboxylic acids is 1. The second kappa shape index (κ2) is 5.43. The van der Waals surface area contributed by atoms with E-state index in [4.69, 9.17) is 5.11 Å². The first kappa shape index (κ1) is 13.6. The van der Waals surface area contributed by atoms with Crippen molar-refractivity contribution in [2.45, 2.75) is 32.6 Å². The Kier molecular flexibility index (Phi) is 3.88. The van der Waals surface area contributed by atoms with Crippen molar-refractivity contribution >= 4 is 17.6 Å². The normalized spacial score (nSPS) is 21.8. The maximum Gasteiger partial charge on any atom is 0.307 e. The predicted octanol–water partition coefficient (Wildman–Crippen LogP) is 2.86. The summed E-state index contributed by atoms with van der Waals surface area (Å²) in [7, 11) is 0. The third kappa shape index (κ3) is 2.95. The highest BCUT2D eigenvalue weighted by Crippen LogP contribution is 2.35. The molecule has 0 bridgehead atoms. The van der Waals surface area contributed by atoms with Crippen LogP contribution in [-0.2, 0) is 9.59 Å². The first-order valence-corrected chi connectivity index (χ1v) is 6.62. The lowest BCUT2D eigenvalue weighted by Crippen LogP contribution is -2.41. The van der Waals surface area contributed by atoms with Gasteiger partial charge in [0, 0.05) is 5.69 Å². The molecular formula is C15H19NO3. The molecule has 0 aliphatic heterocycles. The average molecular weight is 261 g/mol. The first-order valence-electron chi connectivity index (χ1n) is 6.62. The molecule has 0 heterocycles. The van der Waals surface area contributed by atoms with Crippen molar-refractivity contribution in [3.63, 3.8) is 0 Å². The fraction of sp³-hybridized carbons (Fsp3) is 0.467. The molecule has 2 atom stereocenters. The zero-order valence-electron chi connectivity index (χ0n) is 11.2. The van der Waals surface area contributed by atoms with Gasteiger partial charge in [-0.15, -0.1) is 0 Å². The number of anilines is 1. The molecule has 4 nitrogen and oxygen atoms in total. The SMILES string of the molecule is CC(C)c1cccc(NC(=O)C2CCC2C(=O)O)c1. The highest BCUT2D eigenvalue weighted by molar-refractivity contribution is 5.96. The first-order chi connectivity index (χ1) is 8.99. The van der Waals surface area contributed by atoms with Gasteiger partial charge in [0.2, 0.25) is 5.91 Å². The van der Waals surface area contributed by atoms with Crippen molar-refractivity contribution in [1.82, 2.24) is 0 Å². The monoisotopic (exact) mass is 261 g/mol.